The summed E-state index contributed by atoms with van der Waals surface area (Å²) in [7, 11) is 0. The van der Waals surface area contributed by atoms with Gasteiger partial charge in [0.25, 0.3) is 5.91 Å². The van der Waals surface area contributed by atoms with Crippen molar-refractivity contribution in [3.05, 3.63) is 100 Å². The van der Waals surface area contributed by atoms with E-state index < -0.39 is 11.5 Å². The van der Waals surface area contributed by atoms with E-state index in [-0.39, 0.29) is 12.2 Å². The van der Waals surface area contributed by atoms with Crippen LogP contribution >= 0.6 is 15.9 Å². The number of benzene rings is 3. The number of rotatable bonds is 5. The number of carbonyl (C=O) groups excluding carboxylic acids is 2. The first-order valence-electron chi connectivity index (χ1n) is 8.96. The molecule has 0 saturated heterocycles. The third-order valence-electron chi connectivity index (χ3n) is 5.04. The van der Waals surface area contributed by atoms with Crippen LogP contribution in [0.1, 0.15) is 27.9 Å². The summed E-state index contributed by atoms with van der Waals surface area (Å²) in [6.45, 7) is 0.305. The molecule has 1 N–H and O–H groups in total. The van der Waals surface area contributed by atoms with Gasteiger partial charge in [0.05, 0.1) is 18.7 Å². The number of carbonyl (C=O) groups is 2. The van der Waals surface area contributed by atoms with Crippen LogP contribution in [0.5, 0.6) is 0 Å². The molecule has 140 valence electrons. The zero-order chi connectivity index (χ0) is 19.7. The molecule has 1 atom stereocenters. The zero-order valence-electron chi connectivity index (χ0n) is 15.0. The van der Waals surface area contributed by atoms with E-state index >= 15 is 0 Å². The van der Waals surface area contributed by atoms with Gasteiger partial charge in [0, 0.05) is 15.6 Å². The van der Waals surface area contributed by atoms with Crippen LogP contribution in [0.15, 0.2) is 83.3 Å². The van der Waals surface area contributed by atoms with Gasteiger partial charge in [-0.05, 0) is 17.7 Å². The summed E-state index contributed by atoms with van der Waals surface area (Å²) in [4.78, 5) is 27.6. The van der Waals surface area contributed by atoms with Crippen molar-refractivity contribution in [2.24, 2.45) is 0 Å². The Kier molecular flexibility index (Phi) is 4.87. The minimum absolute atomic E-state index is 0.269. The Morgan fingerprint density at radius 2 is 1.57 bits per heavy atom. The van der Waals surface area contributed by atoms with E-state index in [4.69, 9.17) is 0 Å². The molecule has 3 aromatic rings. The number of aliphatic hydroxyl groups is 1. The predicted octanol–water partition coefficient (Wildman–Crippen LogP) is 4.46. The van der Waals surface area contributed by atoms with Crippen molar-refractivity contribution in [2.45, 2.75) is 18.6 Å². The highest BCUT2D eigenvalue weighted by Gasteiger charge is 2.50. The molecule has 3 aromatic carbocycles. The second-order valence-corrected chi connectivity index (χ2v) is 7.68. The summed E-state index contributed by atoms with van der Waals surface area (Å²) in [6.07, 6.45) is -0.292. The quantitative estimate of drug-likeness (QED) is 0.601. The Balaban J connectivity index is 1.70. The molecule has 5 heteroatoms. The highest BCUT2D eigenvalue weighted by molar-refractivity contribution is 9.10. The number of halogens is 1. The lowest BCUT2D eigenvalue weighted by molar-refractivity contribution is -0.136. The number of para-hydroxylation sites is 1. The lowest BCUT2D eigenvalue weighted by Crippen LogP contribution is -2.41. The molecule has 0 aromatic heterocycles. The van der Waals surface area contributed by atoms with Gasteiger partial charge in [0.15, 0.2) is 11.4 Å². The molecular weight excluding hydrogens is 418 g/mol. The topological polar surface area (TPSA) is 57.6 Å². The van der Waals surface area contributed by atoms with E-state index in [9.17, 15) is 14.7 Å². The molecule has 0 unspecified atom stereocenters. The van der Waals surface area contributed by atoms with Crippen LogP contribution < -0.4 is 4.90 Å². The third-order valence-corrected chi connectivity index (χ3v) is 5.81. The number of fused-ring (bicyclic) bond motifs is 1. The van der Waals surface area contributed by atoms with E-state index in [2.05, 4.69) is 15.9 Å². The Morgan fingerprint density at radius 1 is 0.929 bits per heavy atom. The molecule has 0 fully saturated rings. The smallest absolute Gasteiger partial charge is 0.264 e. The zero-order valence-corrected chi connectivity index (χ0v) is 16.6. The Labute approximate surface area is 171 Å². The molecule has 1 aliphatic rings. The highest BCUT2D eigenvalue weighted by Crippen LogP contribution is 2.43. The molecular formula is C23H18BrNO3. The number of hydrogen-bond donors (Lipinski definition) is 1. The van der Waals surface area contributed by atoms with E-state index in [1.54, 1.807) is 47.4 Å². The fourth-order valence-corrected chi connectivity index (χ4v) is 4.00. The summed E-state index contributed by atoms with van der Waals surface area (Å²) in [5.74, 6) is -0.747. The van der Waals surface area contributed by atoms with Gasteiger partial charge in [-0.2, -0.15) is 0 Å². The SMILES string of the molecule is O=C(C[C@]1(O)C(=O)N(Cc2ccccc2Br)c2ccccc21)c1ccccc1. The van der Waals surface area contributed by atoms with E-state index in [1.165, 1.54) is 0 Å². The van der Waals surface area contributed by atoms with E-state index in [0.717, 1.165) is 10.0 Å². The molecule has 0 spiro atoms. The van der Waals surface area contributed by atoms with Crippen LogP contribution in [-0.4, -0.2) is 16.8 Å². The molecule has 0 aliphatic carbocycles. The number of anilines is 1. The fourth-order valence-electron chi connectivity index (χ4n) is 3.59. The van der Waals surface area contributed by atoms with Crippen molar-refractivity contribution in [1.82, 2.24) is 0 Å². The number of nitrogens with zero attached hydrogens (tertiary/aromatic N) is 1. The van der Waals surface area contributed by atoms with Crippen LogP contribution in [0.3, 0.4) is 0 Å². The Bertz CT molecular complexity index is 1050. The minimum atomic E-state index is -1.87. The maximum atomic E-state index is 13.3. The normalized spacial score (nSPS) is 18.2. The van der Waals surface area contributed by atoms with Crippen LogP contribution in [-0.2, 0) is 16.9 Å². The largest absolute Gasteiger partial charge is 0.375 e. The average molecular weight is 436 g/mol. The van der Waals surface area contributed by atoms with Gasteiger partial charge in [-0.3, -0.25) is 9.59 Å². The van der Waals surface area contributed by atoms with Gasteiger partial charge < -0.3 is 10.0 Å². The maximum absolute atomic E-state index is 13.3. The lowest BCUT2D eigenvalue weighted by Gasteiger charge is -2.23. The van der Waals surface area contributed by atoms with Crippen molar-refractivity contribution >= 4 is 33.3 Å². The average Bonchev–Trinajstić information content (AvgIpc) is 2.92. The van der Waals surface area contributed by atoms with Gasteiger partial charge >= 0.3 is 0 Å². The van der Waals surface area contributed by atoms with E-state index in [1.807, 2.05) is 36.4 Å². The summed E-state index contributed by atoms with van der Waals surface area (Å²) in [6, 6.07) is 23.5. The highest BCUT2D eigenvalue weighted by atomic mass is 79.9. The van der Waals surface area contributed by atoms with Gasteiger partial charge in [0.1, 0.15) is 0 Å². The number of hydrogen-bond acceptors (Lipinski definition) is 3. The van der Waals surface area contributed by atoms with Crippen molar-refractivity contribution in [3.63, 3.8) is 0 Å². The second kappa shape index (κ2) is 7.34. The summed E-state index contributed by atoms with van der Waals surface area (Å²) < 4.78 is 0.885. The summed E-state index contributed by atoms with van der Waals surface area (Å²) in [5, 5.41) is 11.3. The monoisotopic (exact) mass is 435 g/mol. The minimum Gasteiger partial charge on any atom is -0.375 e. The molecule has 0 bridgehead atoms. The molecule has 0 saturated carbocycles. The molecule has 1 amide bonds. The number of ketones is 1. The van der Waals surface area contributed by atoms with Gasteiger partial charge in [0.2, 0.25) is 0 Å². The Hall–Kier alpha value is -2.76. The van der Waals surface area contributed by atoms with Gasteiger partial charge in [-0.15, -0.1) is 0 Å². The molecule has 28 heavy (non-hydrogen) atoms. The lowest BCUT2D eigenvalue weighted by atomic mass is 9.88. The van der Waals surface area contributed by atoms with E-state index in [0.29, 0.717) is 23.4 Å². The van der Waals surface area contributed by atoms with Crippen molar-refractivity contribution in [3.8, 4) is 0 Å². The van der Waals surface area contributed by atoms with Crippen LogP contribution in [0.25, 0.3) is 0 Å². The summed E-state index contributed by atoms with van der Waals surface area (Å²) in [5.41, 5.74) is 0.628. The van der Waals surface area contributed by atoms with Gasteiger partial charge in [-0.1, -0.05) is 82.7 Å². The molecule has 1 heterocycles. The Morgan fingerprint density at radius 3 is 2.32 bits per heavy atom. The van der Waals surface area contributed by atoms with Crippen LogP contribution in [0.4, 0.5) is 5.69 Å². The molecule has 4 rings (SSSR count). The fraction of sp³-hybridized carbons (Fsp3) is 0.130. The summed E-state index contributed by atoms with van der Waals surface area (Å²) >= 11 is 3.51. The first-order valence-corrected chi connectivity index (χ1v) is 9.75. The van der Waals surface area contributed by atoms with Crippen molar-refractivity contribution < 1.29 is 14.7 Å². The number of Topliss-reactive ketones (excluding diaryl/α,β-unsaturated/α-hetero) is 1. The standard InChI is InChI=1S/C23H18BrNO3/c24-19-12-6-4-10-17(19)15-25-20-13-7-5-11-18(20)23(28,22(25)27)14-21(26)16-8-2-1-3-9-16/h1-13,28H,14-15H2/t23-/m1/s1. The van der Waals surface area contributed by atoms with Crippen molar-refractivity contribution in [1.29, 1.82) is 0 Å². The van der Waals surface area contributed by atoms with Crippen LogP contribution in [0, 0.1) is 0 Å². The van der Waals surface area contributed by atoms with Gasteiger partial charge in [-0.25, -0.2) is 0 Å². The van der Waals surface area contributed by atoms with Crippen molar-refractivity contribution in [2.75, 3.05) is 4.90 Å². The molecule has 0 radical (unpaired) electrons. The number of amides is 1. The first-order chi connectivity index (χ1) is 13.5. The third kappa shape index (κ3) is 3.17. The first kappa shape index (κ1) is 18.6. The van der Waals surface area contributed by atoms with Crippen LogP contribution in [0.2, 0.25) is 0 Å². The second-order valence-electron chi connectivity index (χ2n) is 6.83. The maximum Gasteiger partial charge on any atom is 0.264 e. The predicted molar refractivity (Wildman–Crippen MR) is 111 cm³/mol. The molecule has 1 aliphatic heterocycles. The molecule has 4 nitrogen and oxygen atoms in total.